The highest BCUT2D eigenvalue weighted by molar-refractivity contribution is 5.36. The third-order valence-corrected chi connectivity index (χ3v) is 1.58. The molecule has 5 nitrogen and oxygen atoms in total. The highest BCUT2D eigenvalue weighted by Crippen LogP contribution is 2.17. The van der Waals surface area contributed by atoms with E-state index in [1.807, 2.05) is 26.0 Å². The van der Waals surface area contributed by atoms with E-state index < -0.39 is 0 Å². The molecule has 0 radical (unpaired) electrons. The van der Waals surface area contributed by atoms with Crippen molar-refractivity contribution >= 4 is 12.2 Å². The van der Waals surface area contributed by atoms with E-state index in [-0.39, 0.29) is 0 Å². The van der Waals surface area contributed by atoms with Crippen LogP contribution in [0.1, 0.15) is 11.1 Å². The van der Waals surface area contributed by atoms with Crippen LogP contribution < -0.4 is 0 Å². The van der Waals surface area contributed by atoms with Crippen molar-refractivity contribution in [2.45, 2.75) is 13.8 Å². The van der Waals surface area contributed by atoms with Gasteiger partial charge in [-0.15, -0.1) is 0 Å². The standard InChI is InChI=1S/C8H10O.2CHNO/c1-6-4-3-5-8(9)7(6)2;2*2-1-3/h3-5,9H,1-2H3;2*2H. The minimum Gasteiger partial charge on any atom is -0.508 e. The molecule has 5 heteroatoms. The fourth-order valence-electron chi connectivity index (χ4n) is 0.736. The first kappa shape index (κ1) is 15.3. The molecule has 1 aromatic rings. The molecule has 0 aliphatic carbocycles. The van der Waals surface area contributed by atoms with E-state index in [4.69, 9.17) is 25.5 Å². The molecule has 0 unspecified atom stereocenters. The topological polar surface area (TPSA) is 102 Å². The Labute approximate surface area is 87.4 Å². The Morgan fingerprint density at radius 3 is 1.80 bits per heavy atom. The summed E-state index contributed by atoms with van der Waals surface area (Å²) in [4.78, 5) is 16.7. The summed E-state index contributed by atoms with van der Waals surface area (Å²) in [6.07, 6.45) is 1.50. The highest BCUT2D eigenvalue weighted by Gasteiger charge is 1.94. The zero-order chi connectivity index (χ0) is 12.3. The Kier molecular flexibility index (Phi) is 10.0. The van der Waals surface area contributed by atoms with Crippen LogP contribution in [0.3, 0.4) is 0 Å². The Balaban J connectivity index is 0. The van der Waals surface area contributed by atoms with E-state index in [1.54, 1.807) is 6.07 Å². The molecular weight excluding hydrogens is 196 g/mol. The molecule has 15 heavy (non-hydrogen) atoms. The molecule has 0 heterocycles. The lowest BCUT2D eigenvalue weighted by Crippen LogP contribution is -1.78. The number of phenolic OH excluding ortho intramolecular Hbond substituents is 1. The van der Waals surface area contributed by atoms with Crippen molar-refractivity contribution in [3.05, 3.63) is 29.3 Å². The maximum Gasteiger partial charge on any atom is 0.231 e. The molecule has 0 aliphatic heterocycles. The molecule has 0 aromatic heterocycles. The first-order valence-corrected chi connectivity index (χ1v) is 3.88. The zero-order valence-corrected chi connectivity index (χ0v) is 8.50. The van der Waals surface area contributed by atoms with Gasteiger partial charge in [0.05, 0.1) is 0 Å². The predicted molar refractivity (Wildman–Crippen MR) is 54.4 cm³/mol. The van der Waals surface area contributed by atoms with E-state index in [9.17, 15) is 0 Å². The molecule has 1 rings (SSSR count). The van der Waals surface area contributed by atoms with Gasteiger partial charge in [0.15, 0.2) is 0 Å². The van der Waals surface area contributed by atoms with Gasteiger partial charge in [-0.05, 0) is 31.0 Å². The largest absolute Gasteiger partial charge is 0.508 e. The number of nitrogens with one attached hydrogen (secondary N) is 2. The van der Waals surface area contributed by atoms with Gasteiger partial charge < -0.3 is 5.11 Å². The molecular formula is C10H12N2O3. The van der Waals surface area contributed by atoms with Crippen molar-refractivity contribution in [1.82, 2.24) is 0 Å². The fourth-order valence-corrected chi connectivity index (χ4v) is 0.736. The van der Waals surface area contributed by atoms with Gasteiger partial charge in [-0.25, -0.2) is 20.4 Å². The summed E-state index contributed by atoms with van der Waals surface area (Å²) < 4.78 is 0. The molecule has 0 spiro atoms. The van der Waals surface area contributed by atoms with Crippen LogP contribution in [0.5, 0.6) is 5.75 Å². The molecule has 0 aliphatic rings. The summed E-state index contributed by atoms with van der Waals surface area (Å²) in [7, 11) is 0. The third kappa shape index (κ3) is 8.12. The molecule has 1 aromatic carbocycles. The summed E-state index contributed by atoms with van der Waals surface area (Å²) in [5.74, 6) is 0.384. The molecule has 0 fully saturated rings. The molecule has 0 saturated heterocycles. The molecule has 0 atom stereocenters. The lowest BCUT2D eigenvalue weighted by Gasteiger charge is -1.99. The van der Waals surface area contributed by atoms with Crippen molar-refractivity contribution in [2.24, 2.45) is 0 Å². The summed E-state index contributed by atoms with van der Waals surface area (Å²) in [6.45, 7) is 3.89. The van der Waals surface area contributed by atoms with Gasteiger partial charge in [-0.2, -0.15) is 0 Å². The van der Waals surface area contributed by atoms with Gasteiger partial charge in [0.2, 0.25) is 12.2 Å². The Morgan fingerprint density at radius 2 is 1.53 bits per heavy atom. The van der Waals surface area contributed by atoms with Crippen molar-refractivity contribution in [3.63, 3.8) is 0 Å². The number of carbonyl (C=O) groups excluding carboxylic acids is 2. The van der Waals surface area contributed by atoms with Gasteiger partial charge in [0.25, 0.3) is 0 Å². The predicted octanol–water partition coefficient (Wildman–Crippen LogP) is 1.81. The van der Waals surface area contributed by atoms with E-state index >= 15 is 0 Å². The zero-order valence-electron chi connectivity index (χ0n) is 8.50. The molecule has 3 N–H and O–H groups in total. The van der Waals surface area contributed by atoms with Gasteiger partial charge >= 0.3 is 0 Å². The molecule has 0 amide bonds. The second-order valence-corrected chi connectivity index (χ2v) is 2.42. The number of rotatable bonds is 0. The minimum absolute atomic E-state index is 0.384. The van der Waals surface area contributed by atoms with Gasteiger partial charge in [-0.1, -0.05) is 12.1 Å². The van der Waals surface area contributed by atoms with Crippen LogP contribution in [0, 0.1) is 24.7 Å². The number of benzene rings is 1. The van der Waals surface area contributed by atoms with Crippen LogP contribution in [0.2, 0.25) is 0 Å². The fraction of sp³-hybridized carbons (Fsp3) is 0.200. The molecule has 80 valence electrons. The van der Waals surface area contributed by atoms with Crippen LogP contribution in [0.4, 0.5) is 0 Å². The van der Waals surface area contributed by atoms with Crippen LogP contribution in [0.25, 0.3) is 0 Å². The van der Waals surface area contributed by atoms with E-state index in [0.717, 1.165) is 23.3 Å². The highest BCUT2D eigenvalue weighted by atomic mass is 16.3. The second-order valence-electron chi connectivity index (χ2n) is 2.42. The lowest BCUT2D eigenvalue weighted by atomic mass is 10.1. The van der Waals surface area contributed by atoms with E-state index in [2.05, 4.69) is 0 Å². The number of phenols is 1. The Bertz CT molecular complexity index is 331. The summed E-state index contributed by atoms with van der Waals surface area (Å²) in [6, 6.07) is 5.52. The van der Waals surface area contributed by atoms with Gasteiger partial charge in [0, 0.05) is 0 Å². The summed E-state index contributed by atoms with van der Waals surface area (Å²) in [5, 5.41) is 19.9. The number of aromatic hydroxyl groups is 1. The van der Waals surface area contributed by atoms with Crippen molar-refractivity contribution < 1.29 is 14.7 Å². The minimum atomic E-state index is 0.384. The van der Waals surface area contributed by atoms with Gasteiger partial charge in [0.1, 0.15) is 5.75 Å². The van der Waals surface area contributed by atoms with Crippen LogP contribution >= 0.6 is 0 Å². The quantitative estimate of drug-likeness (QED) is 0.447. The molecule has 0 saturated carbocycles. The van der Waals surface area contributed by atoms with Crippen molar-refractivity contribution in [2.75, 3.05) is 0 Å². The van der Waals surface area contributed by atoms with Gasteiger partial charge in [-0.3, -0.25) is 0 Å². The van der Waals surface area contributed by atoms with E-state index in [1.165, 1.54) is 0 Å². The third-order valence-electron chi connectivity index (χ3n) is 1.58. The van der Waals surface area contributed by atoms with E-state index in [0.29, 0.717) is 5.75 Å². The maximum atomic E-state index is 9.10. The second kappa shape index (κ2) is 9.86. The number of aryl methyl sites for hydroxylation is 1. The SMILES string of the molecule is Cc1cccc(O)c1C.N=C=O.N=C=O. The van der Waals surface area contributed by atoms with Crippen LogP contribution in [-0.2, 0) is 9.59 Å². The van der Waals surface area contributed by atoms with Crippen molar-refractivity contribution in [3.8, 4) is 5.75 Å². The van der Waals surface area contributed by atoms with Crippen molar-refractivity contribution in [1.29, 1.82) is 10.8 Å². The van der Waals surface area contributed by atoms with Crippen LogP contribution in [-0.4, -0.2) is 17.3 Å². The monoisotopic (exact) mass is 208 g/mol. The first-order chi connectivity index (χ1) is 7.04. The Morgan fingerprint density at radius 1 is 1.13 bits per heavy atom. The average molecular weight is 208 g/mol. The lowest BCUT2D eigenvalue weighted by molar-refractivity contribution is 0.470. The summed E-state index contributed by atoms with van der Waals surface area (Å²) >= 11 is 0. The average Bonchev–Trinajstić information content (AvgIpc) is 2.17. The number of hydrogen-bond donors (Lipinski definition) is 3. The molecule has 0 bridgehead atoms. The smallest absolute Gasteiger partial charge is 0.231 e. The van der Waals surface area contributed by atoms with Crippen LogP contribution in [0.15, 0.2) is 18.2 Å². The summed E-state index contributed by atoms with van der Waals surface area (Å²) in [5.41, 5.74) is 2.10. The maximum absolute atomic E-state index is 9.10. The normalized spacial score (nSPS) is 6.80. The number of isocyanates is 2. The first-order valence-electron chi connectivity index (χ1n) is 3.88. The Hall–Kier alpha value is -2.22. The number of hydrogen-bond acceptors (Lipinski definition) is 5.